The van der Waals surface area contributed by atoms with Crippen molar-refractivity contribution in [2.75, 3.05) is 7.11 Å². The Labute approximate surface area is 126 Å². The Morgan fingerprint density at radius 2 is 1.82 bits per heavy atom. The number of methoxy groups -OCH3 is 1. The first-order valence-electron chi connectivity index (χ1n) is 6.46. The molecule has 22 heavy (non-hydrogen) atoms. The van der Waals surface area contributed by atoms with Gasteiger partial charge in [0, 0.05) is 18.9 Å². The second kappa shape index (κ2) is 7.39. The van der Waals surface area contributed by atoms with Gasteiger partial charge in [-0.2, -0.15) is 0 Å². The SMILES string of the molecule is COC(=O)CCc1c(C(=O)O)[nH]c(COC(C)=O)c1C(C)=O. The highest BCUT2D eigenvalue weighted by molar-refractivity contribution is 6.01. The minimum atomic E-state index is -1.27. The minimum absolute atomic E-state index is 0.0276. The number of rotatable bonds is 7. The first-order valence-corrected chi connectivity index (χ1v) is 6.46. The van der Waals surface area contributed by atoms with Crippen LogP contribution in [0.25, 0.3) is 0 Å². The van der Waals surface area contributed by atoms with E-state index in [-0.39, 0.29) is 47.7 Å². The van der Waals surface area contributed by atoms with Gasteiger partial charge in [-0.05, 0) is 18.9 Å². The maximum Gasteiger partial charge on any atom is 0.352 e. The van der Waals surface area contributed by atoms with E-state index in [1.165, 1.54) is 21.0 Å². The van der Waals surface area contributed by atoms with E-state index in [9.17, 15) is 24.3 Å². The van der Waals surface area contributed by atoms with Gasteiger partial charge in [-0.3, -0.25) is 14.4 Å². The van der Waals surface area contributed by atoms with Crippen molar-refractivity contribution in [2.24, 2.45) is 0 Å². The first-order chi connectivity index (χ1) is 10.3. The summed E-state index contributed by atoms with van der Waals surface area (Å²) in [4.78, 5) is 47.8. The third kappa shape index (κ3) is 4.18. The van der Waals surface area contributed by atoms with Gasteiger partial charge in [-0.25, -0.2) is 4.79 Å². The minimum Gasteiger partial charge on any atom is -0.477 e. The van der Waals surface area contributed by atoms with Crippen molar-refractivity contribution in [1.82, 2.24) is 4.98 Å². The van der Waals surface area contributed by atoms with Gasteiger partial charge in [-0.1, -0.05) is 0 Å². The molecule has 0 amide bonds. The molecule has 8 heteroatoms. The zero-order valence-corrected chi connectivity index (χ0v) is 12.5. The van der Waals surface area contributed by atoms with E-state index in [4.69, 9.17) is 4.74 Å². The number of ketones is 1. The first kappa shape index (κ1) is 17.4. The van der Waals surface area contributed by atoms with E-state index in [1.807, 2.05) is 0 Å². The van der Waals surface area contributed by atoms with Crippen molar-refractivity contribution in [1.29, 1.82) is 0 Å². The highest BCUT2D eigenvalue weighted by Gasteiger charge is 2.25. The van der Waals surface area contributed by atoms with Gasteiger partial charge < -0.3 is 19.6 Å². The number of aromatic nitrogens is 1. The van der Waals surface area contributed by atoms with E-state index >= 15 is 0 Å². The number of carbonyl (C=O) groups is 4. The number of esters is 2. The van der Waals surface area contributed by atoms with Crippen molar-refractivity contribution >= 4 is 23.7 Å². The van der Waals surface area contributed by atoms with Crippen LogP contribution in [0.15, 0.2) is 0 Å². The molecule has 0 saturated heterocycles. The summed E-state index contributed by atoms with van der Waals surface area (Å²) in [7, 11) is 1.22. The third-order valence-electron chi connectivity index (χ3n) is 2.97. The zero-order valence-electron chi connectivity index (χ0n) is 12.5. The molecule has 0 aliphatic rings. The lowest BCUT2D eigenvalue weighted by molar-refractivity contribution is -0.142. The van der Waals surface area contributed by atoms with Crippen molar-refractivity contribution in [2.45, 2.75) is 33.3 Å². The normalized spacial score (nSPS) is 10.1. The molecule has 0 unspecified atom stereocenters. The Balaban J connectivity index is 3.23. The predicted molar refractivity (Wildman–Crippen MR) is 73.6 cm³/mol. The van der Waals surface area contributed by atoms with E-state index in [1.54, 1.807) is 0 Å². The summed E-state index contributed by atoms with van der Waals surface area (Å²) in [6.07, 6.45) is -0.0400. The molecule has 0 radical (unpaired) electrons. The lowest BCUT2D eigenvalue weighted by atomic mass is 10.0. The van der Waals surface area contributed by atoms with Crippen LogP contribution in [-0.4, -0.2) is 40.9 Å². The second-order valence-electron chi connectivity index (χ2n) is 4.55. The molecule has 0 spiro atoms. The van der Waals surface area contributed by atoms with Crippen molar-refractivity contribution in [3.8, 4) is 0 Å². The molecule has 1 aromatic heterocycles. The van der Waals surface area contributed by atoms with Crippen molar-refractivity contribution in [3.63, 3.8) is 0 Å². The zero-order chi connectivity index (χ0) is 16.9. The molecule has 0 aliphatic carbocycles. The Hall–Kier alpha value is -2.64. The second-order valence-corrected chi connectivity index (χ2v) is 4.55. The van der Waals surface area contributed by atoms with Gasteiger partial charge in [0.1, 0.15) is 12.3 Å². The fraction of sp³-hybridized carbons (Fsp3) is 0.429. The fourth-order valence-corrected chi connectivity index (χ4v) is 2.06. The Morgan fingerprint density at radius 1 is 1.18 bits per heavy atom. The molecule has 1 heterocycles. The number of carboxylic acids is 1. The summed E-state index contributed by atoms with van der Waals surface area (Å²) in [5.41, 5.74) is 0.325. The topological polar surface area (TPSA) is 123 Å². The number of H-pyrrole nitrogens is 1. The predicted octanol–water partition coefficient (Wildman–Crippen LogP) is 1.08. The molecule has 0 fully saturated rings. The number of ether oxygens (including phenoxy) is 2. The fourth-order valence-electron chi connectivity index (χ4n) is 2.06. The third-order valence-corrected chi connectivity index (χ3v) is 2.97. The van der Waals surface area contributed by atoms with E-state index < -0.39 is 17.9 Å². The Kier molecular flexibility index (Phi) is 5.85. The number of Topliss-reactive ketones (excluding diaryl/α,β-unsaturated/α-hetero) is 1. The van der Waals surface area contributed by atoms with Gasteiger partial charge in [-0.15, -0.1) is 0 Å². The smallest absolute Gasteiger partial charge is 0.352 e. The van der Waals surface area contributed by atoms with Crippen molar-refractivity contribution < 1.29 is 33.8 Å². The Bertz CT molecular complexity index is 615. The highest BCUT2D eigenvalue weighted by atomic mass is 16.5. The van der Waals surface area contributed by atoms with Gasteiger partial charge in [0.05, 0.1) is 12.8 Å². The Morgan fingerprint density at radius 3 is 2.27 bits per heavy atom. The number of nitrogens with one attached hydrogen (secondary N) is 1. The molecule has 0 atom stereocenters. The van der Waals surface area contributed by atoms with Gasteiger partial charge in [0.15, 0.2) is 5.78 Å². The van der Waals surface area contributed by atoms with Gasteiger partial charge in [0.25, 0.3) is 0 Å². The van der Waals surface area contributed by atoms with Crippen molar-refractivity contribution in [3.05, 3.63) is 22.5 Å². The molecule has 0 aliphatic heterocycles. The summed E-state index contributed by atoms with van der Waals surface area (Å²) in [6.45, 7) is 2.23. The quantitative estimate of drug-likeness (QED) is 0.570. The van der Waals surface area contributed by atoms with Crippen LogP contribution in [0.1, 0.15) is 52.4 Å². The number of hydrogen-bond acceptors (Lipinski definition) is 6. The maximum absolute atomic E-state index is 11.8. The molecule has 120 valence electrons. The van der Waals surface area contributed by atoms with Crippen LogP contribution in [0, 0.1) is 0 Å². The molecular formula is C14H17NO7. The van der Waals surface area contributed by atoms with Crippen LogP contribution in [0.4, 0.5) is 0 Å². The molecule has 1 rings (SSSR count). The van der Waals surface area contributed by atoms with Gasteiger partial charge in [0.2, 0.25) is 0 Å². The van der Waals surface area contributed by atoms with Gasteiger partial charge >= 0.3 is 17.9 Å². The lowest BCUT2D eigenvalue weighted by Gasteiger charge is -2.05. The molecule has 1 aromatic rings. The number of hydrogen-bond donors (Lipinski definition) is 2. The maximum atomic E-state index is 11.8. The summed E-state index contributed by atoms with van der Waals surface area (Å²) in [5, 5.41) is 9.22. The molecule has 8 nitrogen and oxygen atoms in total. The largest absolute Gasteiger partial charge is 0.477 e. The number of carbonyl (C=O) groups excluding carboxylic acids is 3. The van der Waals surface area contributed by atoms with Crippen LogP contribution in [0.2, 0.25) is 0 Å². The van der Waals surface area contributed by atoms with E-state index in [2.05, 4.69) is 9.72 Å². The summed E-state index contributed by atoms with van der Waals surface area (Å²) in [5.74, 6) is -2.73. The van der Waals surface area contributed by atoms with Crippen LogP contribution >= 0.6 is 0 Å². The van der Waals surface area contributed by atoms with E-state index in [0.717, 1.165) is 0 Å². The standard InChI is InChI=1S/C14H17NO7/c1-7(16)12-9(4-5-11(18)21-3)13(14(19)20)15-10(12)6-22-8(2)17/h15H,4-6H2,1-3H3,(H,19,20). The van der Waals surface area contributed by atoms with Crippen LogP contribution in [0.3, 0.4) is 0 Å². The molecule has 0 saturated carbocycles. The number of aromatic carboxylic acids is 1. The summed E-state index contributed by atoms with van der Waals surface area (Å²) >= 11 is 0. The molecule has 0 aromatic carbocycles. The van der Waals surface area contributed by atoms with E-state index in [0.29, 0.717) is 0 Å². The summed E-state index contributed by atoms with van der Waals surface area (Å²) < 4.78 is 9.31. The summed E-state index contributed by atoms with van der Waals surface area (Å²) in [6, 6.07) is 0. The van der Waals surface area contributed by atoms with Crippen LogP contribution < -0.4 is 0 Å². The molecular weight excluding hydrogens is 294 g/mol. The van der Waals surface area contributed by atoms with Crippen LogP contribution in [0.5, 0.6) is 0 Å². The average Bonchev–Trinajstić information content (AvgIpc) is 2.81. The number of aromatic amines is 1. The monoisotopic (exact) mass is 311 g/mol. The average molecular weight is 311 g/mol. The lowest BCUT2D eigenvalue weighted by Crippen LogP contribution is -2.09. The number of carboxylic acid groups (broad SMARTS) is 1. The molecule has 2 N–H and O–H groups in total. The molecule has 0 bridgehead atoms. The van der Waals surface area contributed by atoms with Crippen LogP contribution in [-0.2, 0) is 32.1 Å². The highest BCUT2D eigenvalue weighted by Crippen LogP contribution is 2.23.